The second-order valence-corrected chi connectivity index (χ2v) is 5.20. The number of carbonyl (C=O) groups is 3. The molecule has 0 aromatic heterocycles. The first-order valence-corrected chi connectivity index (χ1v) is 7.18. The highest BCUT2D eigenvalue weighted by Gasteiger charge is 2.26. The first-order valence-electron chi connectivity index (χ1n) is 6.81. The van der Waals surface area contributed by atoms with Crippen LogP contribution in [0, 0.1) is 5.92 Å². The minimum atomic E-state index is -1.21. The van der Waals surface area contributed by atoms with Crippen molar-refractivity contribution in [2.45, 2.75) is 26.3 Å². The monoisotopic (exact) mass is 327 g/mol. The molecule has 6 nitrogen and oxygen atoms in total. The summed E-state index contributed by atoms with van der Waals surface area (Å²) in [5, 5.41) is 12.1. The highest BCUT2D eigenvalue weighted by atomic mass is 35.5. The van der Waals surface area contributed by atoms with Gasteiger partial charge in [-0.15, -0.1) is 0 Å². The minimum Gasteiger partial charge on any atom is -0.480 e. The summed E-state index contributed by atoms with van der Waals surface area (Å²) in [5.41, 5.74) is 0.291. The first kappa shape index (κ1) is 18.0. The van der Waals surface area contributed by atoms with Gasteiger partial charge < -0.3 is 15.2 Å². The van der Waals surface area contributed by atoms with E-state index in [4.69, 9.17) is 16.3 Å². The number of halogens is 1. The number of rotatable bonds is 7. The summed E-state index contributed by atoms with van der Waals surface area (Å²) in [6.07, 6.45) is -0.0481. The summed E-state index contributed by atoms with van der Waals surface area (Å²) in [6, 6.07) is 4.88. The quantitative estimate of drug-likeness (QED) is 0.748. The van der Waals surface area contributed by atoms with Gasteiger partial charge in [0.05, 0.1) is 12.5 Å². The predicted molar refractivity (Wildman–Crippen MR) is 80.8 cm³/mol. The van der Waals surface area contributed by atoms with Gasteiger partial charge in [-0.05, 0) is 37.6 Å². The third-order valence-electron chi connectivity index (χ3n) is 2.99. The number of carboxylic acids is 1. The molecule has 0 aliphatic heterocycles. The van der Waals surface area contributed by atoms with Crippen molar-refractivity contribution in [1.29, 1.82) is 0 Å². The zero-order valence-electron chi connectivity index (χ0n) is 12.3. The normalized spacial score (nSPS) is 13.0. The van der Waals surface area contributed by atoms with Crippen molar-refractivity contribution >= 4 is 29.4 Å². The number of hydrogen-bond acceptors (Lipinski definition) is 4. The lowest BCUT2D eigenvalue weighted by Gasteiger charge is -2.18. The molecule has 0 fully saturated rings. The molecule has 1 aromatic rings. The first-order chi connectivity index (χ1) is 10.3. The highest BCUT2D eigenvalue weighted by Crippen LogP contribution is 2.12. The smallest absolute Gasteiger partial charge is 0.326 e. The van der Waals surface area contributed by atoms with Crippen LogP contribution in [0.25, 0.3) is 0 Å². The van der Waals surface area contributed by atoms with Crippen molar-refractivity contribution in [3.05, 3.63) is 34.9 Å². The molecule has 0 heterocycles. The third-order valence-corrected chi connectivity index (χ3v) is 3.24. The van der Waals surface area contributed by atoms with Crippen molar-refractivity contribution in [1.82, 2.24) is 5.32 Å². The van der Waals surface area contributed by atoms with E-state index in [-0.39, 0.29) is 13.0 Å². The lowest BCUT2D eigenvalue weighted by molar-refractivity contribution is -0.148. The van der Waals surface area contributed by atoms with Crippen molar-refractivity contribution in [3.8, 4) is 0 Å². The Hall–Kier alpha value is -2.08. The van der Waals surface area contributed by atoms with Crippen LogP contribution in [-0.4, -0.2) is 35.6 Å². The second kappa shape index (κ2) is 8.38. The van der Waals surface area contributed by atoms with Crippen LogP contribution in [0.5, 0.6) is 0 Å². The van der Waals surface area contributed by atoms with Gasteiger partial charge in [0.15, 0.2) is 0 Å². The number of aliphatic carboxylic acids is 1. The van der Waals surface area contributed by atoms with Gasteiger partial charge in [-0.1, -0.05) is 18.5 Å². The van der Waals surface area contributed by atoms with Crippen LogP contribution in [0.4, 0.5) is 0 Å². The molecule has 0 aliphatic carbocycles. The largest absolute Gasteiger partial charge is 0.480 e. The van der Waals surface area contributed by atoms with Crippen molar-refractivity contribution in [3.63, 3.8) is 0 Å². The van der Waals surface area contributed by atoms with E-state index in [1.807, 2.05) is 0 Å². The molecular formula is C15H18ClNO5. The molecule has 120 valence electrons. The van der Waals surface area contributed by atoms with Gasteiger partial charge in [-0.3, -0.25) is 9.59 Å². The molecule has 7 heteroatoms. The molecule has 0 bridgehead atoms. The van der Waals surface area contributed by atoms with Gasteiger partial charge in [0, 0.05) is 10.6 Å². The van der Waals surface area contributed by atoms with Gasteiger partial charge >= 0.3 is 11.9 Å². The third kappa shape index (κ3) is 5.37. The van der Waals surface area contributed by atoms with E-state index in [0.29, 0.717) is 10.6 Å². The zero-order chi connectivity index (χ0) is 16.7. The standard InChI is InChI=1S/C15H18ClNO5/c1-3-22-15(21)9(2)8-12(14(19)20)17-13(18)10-4-6-11(16)7-5-10/h4-7,9,12H,3,8H2,1-2H3,(H,17,18)(H,19,20)/t9-,12-/m1/s1. The molecule has 2 N–H and O–H groups in total. The maximum atomic E-state index is 12.0. The summed E-state index contributed by atoms with van der Waals surface area (Å²) in [6.45, 7) is 3.45. The molecule has 1 aromatic carbocycles. The van der Waals surface area contributed by atoms with E-state index < -0.39 is 29.8 Å². The van der Waals surface area contributed by atoms with E-state index in [0.717, 1.165) is 0 Å². The number of carboxylic acid groups (broad SMARTS) is 1. The van der Waals surface area contributed by atoms with Crippen LogP contribution in [0.1, 0.15) is 30.6 Å². The number of benzene rings is 1. The second-order valence-electron chi connectivity index (χ2n) is 4.76. The van der Waals surface area contributed by atoms with E-state index in [9.17, 15) is 19.5 Å². The molecule has 0 spiro atoms. The summed E-state index contributed by atoms with van der Waals surface area (Å²) in [7, 11) is 0. The Morgan fingerprint density at radius 1 is 1.27 bits per heavy atom. The van der Waals surface area contributed by atoms with E-state index in [1.165, 1.54) is 24.3 Å². The van der Waals surface area contributed by atoms with Gasteiger partial charge in [0.2, 0.25) is 0 Å². The Kier molecular flexibility index (Phi) is 6.85. The molecule has 0 aliphatic rings. The van der Waals surface area contributed by atoms with Crippen molar-refractivity contribution < 1.29 is 24.2 Å². The van der Waals surface area contributed by atoms with Crippen LogP contribution >= 0.6 is 11.6 Å². The number of nitrogens with one attached hydrogen (secondary N) is 1. The molecule has 0 unspecified atom stereocenters. The van der Waals surface area contributed by atoms with Crippen molar-refractivity contribution in [2.75, 3.05) is 6.61 Å². The Labute approximate surface area is 133 Å². The Morgan fingerprint density at radius 3 is 2.36 bits per heavy atom. The van der Waals surface area contributed by atoms with E-state index in [2.05, 4.69) is 5.32 Å². The molecule has 22 heavy (non-hydrogen) atoms. The van der Waals surface area contributed by atoms with Gasteiger partial charge in [0.1, 0.15) is 6.04 Å². The molecule has 1 rings (SSSR count). The number of hydrogen-bond donors (Lipinski definition) is 2. The lowest BCUT2D eigenvalue weighted by Crippen LogP contribution is -2.42. The Morgan fingerprint density at radius 2 is 1.86 bits per heavy atom. The van der Waals surface area contributed by atoms with Crippen molar-refractivity contribution in [2.24, 2.45) is 5.92 Å². The number of carbonyl (C=O) groups excluding carboxylic acids is 2. The average Bonchev–Trinajstić information content (AvgIpc) is 2.47. The summed E-state index contributed by atoms with van der Waals surface area (Å²) in [4.78, 5) is 34.8. The number of ether oxygens (including phenoxy) is 1. The summed E-state index contributed by atoms with van der Waals surface area (Å²) < 4.78 is 4.83. The number of amides is 1. The van der Waals surface area contributed by atoms with Crippen LogP contribution in [0.3, 0.4) is 0 Å². The number of esters is 1. The topological polar surface area (TPSA) is 92.7 Å². The molecule has 0 saturated carbocycles. The lowest BCUT2D eigenvalue weighted by atomic mass is 10.0. The Balaban J connectivity index is 2.71. The summed E-state index contributed by atoms with van der Waals surface area (Å²) in [5.74, 6) is -2.88. The molecule has 2 atom stereocenters. The fraction of sp³-hybridized carbons (Fsp3) is 0.400. The predicted octanol–water partition coefficient (Wildman–Crippen LogP) is 2.11. The van der Waals surface area contributed by atoms with Crippen LogP contribution < -0.4 is 5.32 Å². The molecule has 0 radical (unpaired) electrons. The minimum absolute atomic E-state index is 0.0481. The van der Waals surface area contributed by atoms with E-state index >= 15 is 0 Å². The van der Waals surface area contributed by atoms with Gasteiger partial charge in [-0.25, -0.2) is 4.79 Å². The summed E-state index contributed by atoms with van der Waals surface area (Å²) >= 11 is 5.73. The highest BCUT2D eigenvalue weighted by molar-refractivity contribution is 6.30. The maximum absolute atomic E-state index is 12.0. The van der Waals surface area contributed by atoms with Gasteiger partial charge in [-0.2, -0.15) is 0 Å². The van der Waals surface area contributed by atoms with Crippen LogP contribution in [0.15, 0.2) is 24.3 Å². The average molecular weight is 328 g/mol. The van der Waals surface area contributed by atoms with Gasteiger partial charge in [0.25, 0.3) is 5.91 Å². The maximum Gasteiger partial charge on any atom is 0.326 e. The van der Waals surface area contributed by atoms with Crippen LogP contribution in [0.2, 0.25) is 5.02 Å². The van der Waals surface area contributed by atoms with E-state index in [1.54, 1.807) is 13.8 Å². The van der Waals surface area contributed by atoms with Crippen LogP contribution in [-0.2, 0) is 14.3 Å². The Bertz CT molecular complexity index is 543. The fourth-order valence-corrected chi connectivity index (χ4v) is 1.92. The SMILES string of the molecule is CCOC(=O)[C@H](C)C[C@@H](NC(=O)c1ccc(Cl)cc1)C(=O)O. The molecular weight excluding hydrogens is 310 g/mol. The molecule has 0 saturated heterocycles. The molecule has 1 amide bonds. The fourth-order valence-electron chi connectivity index (χ4n) is 1.80. The zero-order valence-corrected chi connectivity index (χ0v) is 13.1.